The Bertz CT molecular complexity index is 963. The summed E-state index contributed by atoms with van der Waals surface area (Å²) in [5, 5.41) is 3.31. The van der Waals surface area contributed by atoms with Crippen LogP contribution >= 0.6 is 11.6 Å². The van der Waals surface area contributed by atoms with Crippen molar-refractivity contribution in [3.8, 4) is 0 Å². The Kier molecular flexibility index (Phi) is 6.29. The minimum Gasteiger partial charge on any atom is -0.325 e. The first-order valence-corrected chi connectivity index (χ1v) is 10.3. The molecule has 0 aliphatic carbocycles. The Morgan fingerprint density at radius 3 is 2.25 bits per heavy atom. The predicted octanol–water partition coefficient (Wildman–Crippen LogP) is 2.56. The number of rotatable bonds is 5. The standard InChI is InChI=1S/C18H18ClF2N3O3S/c19-13-1-3-14(4-2-13)22-18(25)12-23-7-9-24(10-8-23)28(26,27)15-5-6-16(20)17(21)11-15/h1-6,11H,7-10,12H2,(H,22,25). The van der Waals surface area contributed by atoms with Crippen LogP contribution in [0.1, 0.15) is 0 Å². The van der Waals surface area contributed by atoms with Gasteiger partial charge in [0.05, 0.1) is 11.4 Å². The van der Waals surface area contributed by atoms with Crippen LogP contribution in [0.4, 0.5) is 14.5 Å². The van der Waals surface area contributed by atoms with Crippen molar-refractivity contribution in [2.45, 2.75) is 4.90 Å². The highest BCUT2D eigenvalue weighted by molar-refractivity contribution is 7.89. The van der Waals surface area contributed by atoms with E-state index >= 15 is 0 Å². The van der Waals surface area contributed by atoms with Crippen LogP contribution in [-0.2, 0) is 14.8 Å². The van der Waals surface area contributed by atoms with Gasteiger partial charge < -0.3 is 5.32 Å². The second kappa shape index (κ2) is 8.52. The number of sulfonamides is 1. The molecule has 1 N–H and O–H groups in total. The van der Waals surface area contributed by atoms with Gasteiger partial charge in [0.1, 0.15) is 0 Å². The number of hydrogen-bond donors (Lipinski definition) is 1. The van der Waals surface area contributed by atoms with Gasteiger partial charge in [0, 0.05) is 36.9 Å². The summed E-state index contributed by atoms with van der Waals surface area (Å²) < 4.78 is 52.8. The highest BCUT2D eigenvalue weighted by Crippen LogP contribution is 2.20. The number of halogens is 3. The van der Waals surface area contributed by atoms with Crippen molar-refractivity contribution in [3.63, 3.8) is 0 Å². The smallest absolute Gasteiger partial charge is 0.243 e. The number of benzene rings is 2. The molecular formula is C18H18ClF2N3O3S. The van der Waals surface area contributed by atoms with E-state index in [0.717, 1.165) is 12.1 Å². The quantitative estimate of drug-likeness (QED) is 0.793. The molecule has 6 nitrogen and oxygen atoms in total. The zero-order valence-electron chi connectivity index (χ0n) is 14.7. The number of carbonyl (C=O) groups excluding carboxylic acids is 1. The van der Waals surface area contributed by atoms with Crippen LogP contribution < -0.4 is 5.32 Å². The number of piperazine rings is 1. The molecule has 0 saturated carbocycles. The van der Waals surface area contributed by atoms with Crippen LogP contribution in [0.2, 0.25) is 5.02 Å². The highest BCUT2D eigenvalue weighted by Gasteiger charge is 2.29. The van der Waals surface area contributed by atoms with E-state index in [9.17, 15) is 22.0 Å². The highest BCUT2D eigenvalue weighted by atomic mass is 35.5. The predicted molar refractivity (Wildman–Crippen MR) is 102 cm³/mol. The number of nitrogens with zero attached hydrogens (tertiary/aromatic N) is 2. The molecule has 2 aromatic rings. The van der Waals surface area contributed by atoms with E-state index in [-0.39, 0.29) is 30.4 Å². The number of amides is 1. The SMILES string of the molecule is O=C(CN1CCN(S(=O)(=O)c2ccc(F)c(F)c2)CC1)Nc1ccc(Cl)cc1. The fraction of sp³-hybridized carbons (Fsp3) is 0.278. The molecule has 1 heterocycles. The Morgan fingerprint density at radius 1 is 1.00 bits per heavy atom. The Labute approximate surface area is 166 Å². The summed E-state index contributed by atoms with van der Waals surface area (Å²) in [5.74, 6) is -2.53. The summed E-state index contributed by atoms with van der Waals surface area (Å²) in [6, 6.07) is 9.22. The summed E-state index contributed by atoms with van der Waals surface area (Å²) in [6.07, 6.45) is 0. The van der Waals surface area contributed by atoms with E-state index < -0.39 is 21.7 Å². The Hall–Kier alpha value is -2.07. The molecule has 0 atom stereocenters. The molecular weight excluding hydrogens is 412 g/mol. The van der Waals surface area contributed by atoms with Crippen molar-refractivity contribution >= 4 is 33.2 Å². The molecule has 2 aromatic carbocycles. The van der Waals surface area contributed by atoms with Crippen molar-refractivity contribution < 1.29 is 22.0 Å². The average Bonchev–Trinajstić information content (AvgIpc) is 2.66. The largest absolute Gasteiger partial charge is 0.325 e. The van der Waals surface area contributed by atoms with E-state index in [1.165, 1.54) is 4.31 Å². The van der Waals surface area contributed by atoms with Crippen molar-refractivity contribution in [3.05, 3.63) is 59.1 Å². The third kappa shape index (κ3) is 4.85. The van der Waals surface area contributed by atoms with Crippen molar-refractivity contribution in [1.29, 1.82) is 0 Å². The summed E-state index contributed by atoms with van der Waals surface area (Å²) in [4.78, 5) is 13.7. The minimum atomic E-state index is -3.92. The van der Waals surface area contributed by atoms with Gasteiger partial charge in [0.25, 0.3) is 0 Å². The molecule has 0 radical (unpaired) electrons. The van der Waals surface area contributed by atoms with Gasteiger partial charge in [0.2, 0.25) is 15.9 Å². The summed E-state index contributed by atoms with van der Waals surface area (Å²) in [6.45, 7) is 1.10. The number of hydrogen-bond acceptors (Lipinski definition) is 4. The van der Waals surface area contributed by atoms with Crippen LogP contribution in [0.25, 0.3) is 0 Å². The van der Waals surface area contributed by atoms with Gasteiger partial charge in [-0.05, 0) is 42.5 Å². The molecule has 1 saturated heterocycles. The normalized spacial score (nSPS) is 16.1. The van der Waals surface area contributed by atoms with E-state index in [1.54, 1.807) is 24.3 Å². The Balaban J connectivity index is 1.55. The third-order valence-electron chi connectivity index (χ3n) is 4.36. The molecule has 1 fully saturated rings. The Morgan fingerprint density at radius 2 is 1.64 bits per heavy atom. The lowest BCUT2D eigenvalue weighted by Gasteiger charge is -2.33. The monoisotopic (exact) mass is 429 g/mol. The molecule has 0 aromatic heterocycles. The molecule has 28 heavy (non-hydrogen) atoms. The van der Waals surface area contributed by atoms with Gasteiger partial charge in [-0.2, -0.15) is 4.31 Å². The average molecular weight is 430 g/mol. The number of anilines is 1. The maximum atomic E-state index is 13.4. The first-order chi connectivity index (χ1) is 13.3. The van der Waals surface area contributed by atoms with Crippen LogP contribution in [0, 0.1) is 11.6 Å². The van der Waals surface area contributed by atoms with Gasteiger partial charge in [-0.15, -0.1) is 0 Å². The third-order valence-corrected chi connectivity index (χ3v) is 6.50. The maximum absolute atomic E-state index is 13.4. The molecule has 10 heteroatoms. The lowest BCUT2D eigenvalue weighted by Crippen LogP contribution is -2.50. The molecule has 0 bridgehead atoms. The van der Waals surface area contributed by atoms with Crippen molar-refractivity contribution in [2.24, 2.45) is 0 Å². The van der Waals surface area contributed by atoms with Gasteiger partial charge in [-0.25, -0.2) is 17.2 Å². The summed E-state index contributed by atoms with van der Waals surface area (Å²) >= 11 is 5.80. The lowest BCUT2D eigenvalue weighted by molar-refractivity contribution is -0.117. The molecule has 1 aliphatic heterocycles. The van der Waals surface area contributed by atoms with Gasteiger partial charge in [-0.1, -0.05) is 11.6 Å². The van der Waals surface area contributed by atoms with Crippen LogP contribution in [0.3, 0.4) is 0 Å². The summed E-state index contributed by atoms with van der Waals surface area (Å²) in [5.41, 5.74) is 0.619. The number of carbonyl (C=O) groups is 1. The topological polar surface area (TPSA) is 69.7 Å². The second-order valence-electron chi connectivity index (χ2n) is 6.31. The molecule has 1 amide bonds. The number of nitrogens with one attached hydrogen (secondary N) is 1. The molecule has 3 rings (SSSR count). The van der Waals surface area contributed by atoms with E-state index in [1.807, 2.05) is 4.90 Å². The van der Waals surface area contributed by atoms with E-state index in [4.69, 9.17) is 11.6 Å². The summed E-state index contributed by atoms with van der Waals surface area (Å²) in [7, 11) is -3.92. The first-order valence-electron chi connectivity index (χ1n) is 8.49. The molecule has 1 aliphatic rings. The van der Waals surface area contributed by atoms with Crippen LogP contribution in [0.5, 0.6) is 0 Å². The van der Waals surface area contributed by atoms with Gasteiger partial charge in [-0.3, -0.25) is 9.69 Å². The molecule has 150 valence electrons. The second-order valence-corrected chi connectivity index (χ2v) is 8.69. The van der Waals surface area contributed by atoms with E-state index in [2.05, 4.69) is 5.32 Å². The van der Waals surface area contributed by atoms with Crippen LogP contribution in [-0.4, -0.2) is 56.3 Å². The first kappa shape index (κ1) is 20.7. The lowest BCUT2D eigenvalue weighted by atomic mass is 10.3. The van der Waals surface area contributed by atoms with Gasteiger partial charge in [0.15, 0.2) is 11.6 Å². The zero-order valence-corrected chi connectivity index (χ0v) is 16.3. The zero-order chi connectivity index (χ0) is 20.3. The molecule has 0 spiro atoms. The van der Waals surface area contributed by atoms with Crippen molar-refractivity contribution in [2.75, 3.05) is 38.0 Å². The van der Waals surface area contributed by atoms with Crippen molar-refractivity contribution in [1.82, 2.24) is 9.21 Å². The van der Waals surface area contributed by atoms with Gasteiger partial charge >= 0.3 is 0 Å². The van der Waals surface area contributed by atoms with E-state index in [0.29, 0.717) is 29.9 Å². The fourth-order valence-electron chi connectivity index (χ4n) is 2.85. The maximum Gasteiger partial charge on any atom is 0.243 e. The minimum absolute atomic E-state index is 0.113. The molecule has 0 unspecified atom stereocenters. The van der Waals surface area contributed by atoms with Crippen LogP contribution in [0.15, 0.2) is 47.4 Å². The fourth-order valence-corrected chi connectivity index (χ4v) is 4.41.